The van der Waals surface area contributed by atoms with Crippen LogP contribution in [-0.4, -0.2) is 15.5 Å². The molecule has 0 saturated heterocycles. The summed E-state index contributed by atoms with van der Waals surface area (Å²) in [6, 6.07) is 6.50. The minimum atomic E-state index is -3.51. The molecule has 0 aromatic heterocycles. The van der Waals surface area contributed by atoms with Gasteiger partial charge in [-0.1, -0.05) is 17.7 Å². The summed E-state index contributed by atoms with van der Waals surface area (Å²) < 4.78 is 26.5. The molecule has 1 rings (SSSR count). The standard InChI is InChI=1S/C8H10O3S.Cu/c1-7-3-5-8(6-4-7)12(9,10)11-2;/h3-6H,1-2H3;. The van der Waals surface area contributed by atoms with Crippen LogP contribution in [0, 0.1) is 6.92 Å². The van der Waals surface area contributed by atoms with Crippen molar-refractivity contribution < 1.29 is 29.7 Å². The summed E-state index contributed by atoms with van der Waals surface area (Å²) in [5.74, 6) is 0. The van der Waals surface area contributed by atoms with Crippen LogP contribution in [-0.2, 0) is 31.4 Å². The average molecular weight is 250 g/mol. The van der Waals surface area contributed by atoms with Crippen LogP contribution in [0.1, 0.15) is 5.56 Å². The molecule has 0 saturated carbocycles. The van der Waals surface area contributed by atoms with E-state index in [2.05, 4.69) is 4.18 Å². The van der Waals surface area contributed by atoms with Crippen molar-refractivity contribution in [3.05, 3.63) is 29.8 Å². The zero-order valence-corrected chi connectivity index (χ0v) is 9.00. The van der Waals surface area contributed by atoms with Gasteiger partial charge in [-0.3, -0.25) is 4.18 Å². The summed E-state index contributed by atoms with van der Waals surface area (Å²) in [5.41, 5.74) is 1.02. The van der Waals surface area contributed by atoms with E-state index in [4.69, 9.17) is 0 Å². The first kappa shape index (κ1) is 12.6. The maximum atomic E-state index is 11.1. The van der Waals surface area contributed by atoms with Crippen LogP contribution in [0.5, 0.6) is 0 Å². The van der Waals surface area contributed by atoms with Crippen molar-refractivity contribution in [2.45, 2.75) is 11.8 Å². The Kier molecular flexibility index (Phi) is 4.64. The minimum absolute atomic E-state index is 0. The first-order valence-corrected chi connectivity index (χ1v) is 4.84. The molecule has 1 aromatic rings. The van der Waals surface area contributed by atoms with Crippen molar-refractivity contribution in [2.24, 2.45) is 0 Å². The molecule has 1 aromatic carbocycles. The van der Waals surface area contributed by atoms with Crippen molar-refractivity contribution in [2.75, 3.05) is 7.11 Å². The monoisotopic (exact) mass is 249 g/mol. The van der Waals surface area contributed by atoms with Gasteiger partial charge in [0.15, 0.2) is 0 Å². The maximum absolute atomic E-state index is 11.1. The van der Waals surface area contributed by atoms with Gasteiger partial charge in [0.05, 0.1) is 12.0 Å². The van der Waals surface area contributed by atoms with Crippen LogP contribution >= 0.6 is 0 Å². The van der Waals surface area contributed by atoms with Crippen LogP contribution in [0.15, 0.2) is 29.2 Å². The second kappa shape index (κ2) is 4.77. The van der Waals surface area contributed by atoms with E-state index in [1.54, 1.807) is 12.1 Å². The van der Waals surface area contributed by atoms with Gasteiger partial charge in [-0.15, -0.1) is 0 Å². The van der Waals surface area contributed by atoms with Gasteiger partial charge in [0.1, 0.15) is 0 Å². The molecule has 0 amide bonds. The fourth-order valence-corrected chi connectivity index (χ4v) is 1.46. The summed E-state index contributed by atoms with van der Waals surface area (Å²) in [4.78, 5) is 0.190. The number of hydrogen-bond acceptors (Lipinski definition) is 3. The molecule has 5 heteroatoms. The van der Waals surface area contributed by atoms with Gasteiger partial charge in [-0.05, 0) is 19.1 Å². The SMILES string of the molecule is COS(=O)(=O)c1ccc(C)cc1.[Cu]. The van der Waals surface area contributed by atoms with Crippen molar-refractivity contribution in [3.63, 3.8) is 0 Å². The van der Waals surface area contributed by atoms with Gasteiger partial charge in [-0.25, -0.2) is 0 Å². The first-order chi connectivity index (χ1) is 5.56. The second-order valence-corrected chi connectivity index (χ2v) is 4.15. The largest absolute Gasteiger partial charge is 0.296 e. The Labute approximate surface area is 88.7 Å². The Morgan fingerprint density at radius 3 is 2.00 bits per heavy atom. The molecule has 0 bridgehead atoms. The third-order valence-corrected chi connectivity index (χ3v) is 2.82. The normalized spacial score (nSPS) is 10.6. The number of hydrogen-bond donors (Lipinski definition) is 0. The quantitative estimate of drug-likeness (QED) is 0.587. The van der Waals surface area contributed by atoms with Gasteiger partial charge < -0.3 is 0 Å². The third kappa shape index (κ3) is 3.12. The van der Waals surface area contributed by atoms with Crippen molar-refractivity contribution in [1.82, 2.24) is 0 Å². The summed E-state index contributed by atoms with van der Waals surface area (Å²) in [5, 5.41) is 0. The summed E-state index contributed by atoms with van der Waals surface area (Å²) in [7, 11) is -2.37. The summed E-state index contributed by atoms with van der Waals surface area (Å²) in [6.45, 7) is 1.89. The van der Waals surface area contributed by atoms with Gasteiger partial charge in [-0.2, -0.15) is 8.42 Å². The first-order valence-electron chi connectivity index (χ1n) is 3.43. The Balaban J connectivity index is 0.00000144. The molecule has 77 valence electrons. The van der Waals surface area contributed by atoms with Gasteiger partial charge in [0, 0.05) is 17.1 Å². The predicted molar refractivity (Wildman–Crippen MR) is 45.4 cm³/mol. The number of benzene rings is 1. The fourth-order valence-electron chi connectivity index (χ4n) is 0.801. The van der Waals surface area contributed by atoms with Crippen molar-refractivity contribution in [3.8, 4) is 0 Å². The Morgan fingerprint density at radius 1 is 1.15 bits per heavy atom. The third-order valence-electron chi connectivity index (χ3n) is 1.53. The molecule has 3 nitrogen and oxygen atoms in total. The van der Waals surface area contributed by atoms with E-state index >= 15 is 0 Å². The van der Waals surface area contributed by atoms with Crippen LogP contribution in [0.2, 0.25) is 0 Å². The predicted octanol–water partition coefficient (Wildman–Crippen LogP) is 1.33. The molecule has 0 N–H and O–H groups in total. The molecule has 0 fully saturated rings. The average Bonchev–Trinajstić information content (AvgIpc) is 2.05. The molecule has 0 aliphatic heterocycles. The molecule has 0 unspecified atom stereocenters. The van der Waals surface area contributed by atoms with Crippen LogP contribution in [0.4, 0.5) is 0 Å². The van der Waals surface area contributed by atoms with Crippen molar-refractivity contribution in [1.29, 1.82) is 0 Å². The topological polar surface area (TPSA) is 43.4 Å². The molecule has 0 aliphatic carbocycles. The van der Waals surface area contributed by atoms with E-state index in [0.29, 0.717) is 0 Å². The molecular formula is C8H10CuO3S. The van der Waals surface area contributed by atoms with E-state index in [9.17, 15) is 8.42 Å². The molecule has 0 spiro atoms. The summed E-state index contributed by atoms with van der Waals surface area (Å²) >= 11 is 0. The van der Waals surface area contributed by atoms with E-state index in [-0.39, 0.29) is 22.0 Å². The van der Waals surface area contributed by atoms with E-state index in [0.717, 1.165) is 12.7 Å². The van der Waals surface area contributed by atoms with E-state index < -0.39 is 10.1 Å². The Hall–Kier alpha value is -0.351. The Morgan fingerprint density at radius 2 is 1.62 bits per heavy atom. The Bertz CT molecular complexity index is 355. The number of rotatable bonds is 2. The molecular weight excluding hydrogens is 240 g/mol. The van der Waals surface area contributed by atoms with E-state index in [1.165, 1.54) is 12.1 Å². The van der Waals surface area contributed by atoms with Crippen LogP contribution < -0.4 is 0 Å². The van der Waals surface area contributed by atoms with E-state index in [1.807, 2.05) is 6.92 Å². The molecule has 0 heterocycles. The zero-order chi connectivity index (χ0) is 9.19. The summed E-state index contributed by atoms with van der Waals surface area (Å²) in [6.07, 6.45) is 0. The fraction of sp³-hybridized carbons (Fsp3) is 0.250. The smallest absolute Gasteiger partial charge is 0.270 e. The molecule has 0 atom stereocenters. The molecule has 1 radical (unpaired) electrons. The number of aryl methyl sites for hydroxylation is 1. The van der Waals surface area contributed by atoms with Crippen LogP contribution in [0.3, 0.4) is 0 Å². The van der Waals surface area contributed by atoms with Gasteiger partial charge >= 0.3 is 0 Å². The van der Waals surface area contributed by atoms with Gasteiger partial charge in [0.25, 0.3) is 10.1 Å². The molecule has 13 heavy (non-hydrogen) atoms. The maximum Gasteiger partial charge on any atom is 0.296 e. The van der Waals surface area contributed by atoms with Gasteiger partial charge in [0.2, 0.25) is 0 Å². The van der Waals surface area contributed by atoms with Crippen molar-refractivity contribution >= 4 is 10.1 Å². The van der Waals surface area contributed by atoms with Crippen LogP contribution in [0.25, 0.3) is 0 Å². The zero-order valence-electron chi connectivity index (χ0n) is 7.24. The second-order valence-electron chi connectivity index (χ2n) is 2.43. The minimum Gasteiger partial charge on any atom is -0.270 e. The molecule has 0 aliphatic rings.